The Balaban J connectivity index is 1.61. The molecule has 0 fully saturated rings. The number of benzene rings is 3. The number of amides is 1. The van der Waals surface area contributed by atoms with Crippen molar-refractivity contribution in [2.75, 3.05) is 5.32 Å². The predicted octanol–water partition coefficient (Wildman–Crippen LogP) is 6.87. The van der Waals surface area contributed by atoms with Crippen molar-refractivity contribution in [1.29, 1.82) is 0 Å². The van der Waals surface area contributed by atoms with Crippen LogP contribution in [-0.2, 0) is 0 Å². The number of carbonyl (C=O) groups excluding carboxylic acids is 1. The third kappa shape index (κ3) is 4.19. The summed E-state index contributed by atoms with van der Waals surface area (Å²) in [5.41, 5.74) is 5.06. The molecular weight excluding hydrogens is 475 g/mol. The second-order valence-corrected chi connectivity index (χ2v) is 8.23. The zero-order valence-corrected chi connectivity index (χ0v) is 18.4. The van der Waals surface area contributed by atoms with Crippen LogP contribution in [0.3, 0.4) is 0 Å². The quantitative estimate of drug-likeness (QED) is 0.307. The molecule has 29 heavy (non-hydrogen) atoms. The number of fused-ring (bicyclic) bond motifs is 1. The number of nitrogens with zero attached hydrogens (tertiary/aromatic N) is 1. The van der Waals surface area contributed by atoms with Gasteiger partial charge in [-0.2, -0.15) is 0 Å². The molecule has 5 heteroatoms. The summed E-state index contributed by atoms with van der Waals surface area (Å²) in [6.07, 6.45) is 1.08. The maximum Gasteiger partial charge on any atom is 0.256 e. The lowest BCUT2D eigenvalue weighted by molar-refractivity contribution is 0.102. The molecule has 3 aromatic carbocycles. The smallest absolute Gasteiger partial charge is 0.256 e. The topological polar surface area (TPSA) is 55.1 Å². The van der Waals surface area contributed by atoms with Crippen molar-refractivity contribution in [3.8, 4) is 11.5 Å². The molecule has 0 bridgehead atoms. The molecule has 0 spiro atoms. The largest absolute Gasteiger partial charge is 0.436 e. The Morgan fingerprint density at radius 1 is 1.10 bits per heavy atom. The molecule has 0 unspecified atom stereocenters. The first-order valence-corrected chi connectivity index (χ1v) is 10.7. The molecule has 0 radical (unpaired) electrons. The van der Waals surface area contributed by atoms with E-state index in [-0.39, 0.29) is 5.91 Å². The van der Waals surface area contributed by atoms with Gasteiger partial charge in [0.05, 0.1) is 5.56 Å². The Morgan fingerprint density at radius 3 is 2.72 bits per heavy atom. The Labute approximate surface area is 183 Å². The summed E-state index contributed by atoms with van der Waals surface area (Å²) < 4.78 is 6.87. The third-order valence-electron chi connectivity index (χ3n) is 5.08. The number of anilines is 1. The summed E-state index contributed by atoms with van der Waals surface area (Å²) in [6.45, 7) is 4.39. The van der Waals surface area contributed by atoms with Crippen LogP contribution >= 0.6 is 22.6 Å². The standard InChI is InChI=1S/C24H21IN2O2/c1-3-15(2)16-11-12-22-21(14-16)27-24(29-22)17-7-6-8-18(13-17)26-23(28)19-9-4-5-10-20(19)25/h4-15H,3H2,1-2H3,(H,26,28)/t15-/m1/s1. The van der Waals surface area contributed by atoms with Gasteiger partial charge >= 0.3 is 0 Å². The van der Waals surface area contributed by atoms with Gasteiger partial charge in [-0.1, -0.05) is 38.1 Å². The first kappa shape index (κ1) is 19.6. The fourth-order valence-electron chi connectivity index (χ4n) is 3.18. The Bertz CT molecular complexity index is 1180. The van der Waals surface area contributed by atoms with Crippen LogP contribution in [0.5, 0.6) is 0 Å². The van der Waals surface area contributed by atoms with Gasteiger partial charge in [-0.3, -0.25) is 4.79 Å². The molecule has 0 aliphatic heterocycles. The van der Waals surface area contributed by atoms with Crippen molar-refractivity contribution in [3.63, 3.8) is 0 Å². The predicted molar refractivity (Wildman–Crippen MR) is 125 cm³/mol. The Morgan fingerprint density at radius 2 is 1.93 bits per heavy atom. The molecule has 4 nitrogen and oxygen atoms in total. The van der Waals surface area contributed by atoms with Gasteiger partial charge in [0.15, 0.2) is 5.58 Å². The van der Waals surface area contributed by atoms with Crippen LogP contribution in [0.1, 0.15) is 42.1 Å². The van der Waals surface area contributed by atoms with E-state index in [1.807, 2.05) is 54.6 Å². The highest BCUT2D eigenvalue weighted by atomic mass is 127. The Hall–Kier alpha value is -2.67. The number of halogens is 1. The minimum absolute atomic E-state index is 0.136. The zero-order chi connectivity index (χ0) is 20.4. The molecule has 1 heterocycles. The van der Waals surface area contributed by atoms with E-state index in [0.29, 0.717) is 23.1 Å². The van der Waals surface area contributed by atoms with Crippen molar-refractivity contribution < 1.29 is 9.21 Å². The maximum atomic E-state index is 12.6. The molecule has 4 rings (SSSR count). The highest BCUT2D eigenvalue weighted by Gasteiger charge is 2.13. The average Bonchev–Trinajstić information content (AvgIpc) is 3.17. The van der Waals surface area contributed by atoms with E-state index in [4.69, 9.17) is 4.42 Å². The average molecular weight is 496 g/mol. The second-order valence-electron chi connectivity index (χ2n) is 7.07. The monoisotopic (exact) mass is 496 g/mol. The summed E-state index contributed by atoms with van der Waals surface area (Å²) in [4.78, 5) is 17.3. The van der Waals surface area contributed by atoms with Crippen LogP contribution in [-0.4, -0.2) is 10.9 Å². The summed E-state index contributed by atoms with van der Waals surface area (Å²) in [5, 5.41) is 2.96. The van der Waals surface area contributed by atoms with Gasteiger partial charge in [-0.25, -0.2) is 4.98 Å². The van der Waals surface area contributed by atoms with Gasteiger partial charge < -0.3 is 9.73 Å². The van der Waals surface area contributed by atoms with Crippen LogP contribution in [0.2, 0.25) is 0 Å². The normalized spacial score (nSPS) is 12.1. The van der Waals surface area contributed by atoms with Crippen LogP contribution in [0.25, 0.3) is 22.6 Å². The molecular formula is C24H21IN2O2. The number of carbonyl (C=O) groups is 1. The van der Waals surface area contributed by atoms with E-state index >= 15 is 0 Å². The van der Waals surface area contributed by atoms with Gasteiger partial charge in [0.1, 0.15) is 5.52 Å². The number of aromatic nitrogens is 1. The number of oxazole rings is 1. The fourth-order valence-corrected chi connectivity index (χ4v) is 3.82. The molecule has 0 aliphatic rings. The van der Waals surface area contributed by atoms with Gasteiger partial charge in [-0.05, 0) is 83.0 Å². The van der Waals surface area contributed by atoms with Crippen LogP contribution in [0, 0.1) is 3.57 Å². The van der Waals surface area contributed by atoms with Gasteiger partial charge in [-0.15, -0.1) is 0 Å². The maximum absolute atomic E-state index is 12.6. The molecule has 1 N–H and O–H groups in total. The van der Waals surface area contributed by atoms with E-state index in [1.54, 1.807) is 0 Å². The number of nitrogens with one attached hydrogen (secondary N) is 1. The third-order valence-corrected chi connectivity index (χ3v) is 6.02. The fraction of sp³-hybridized carbons (Fsp3) is 0.167. The number of hydrogen-bond acceptors (Lipinski definition) is 3. The summed E-state index contributed by atoms with van der Waals surface area (Å²) >= 11 is 2.17. The molecule has 1 atom stereocenters. The lowest BCUT2D eigenvalue weighted by Gasteiger charge is -2.07. The molecule has 0 saturated heterocycles. The molecule has 4 aromatic rings. The lowest BCUT2D eigenvalue weighted by atomic mass is 9.98. The molecule has 1 aromatic heterocycles. The number of rotatable bonds is 5. The first-order chi connectivity index (χ1) is 14.0. The zero-order valence-electron chi connectivity index (χ0n) is 16.3. The van der Waals surface area contributed by atoms with E-state index in [0.717, 1.165) is 26.7 Å². The van der Waals surface area contributed by atoms with Crippen molar-refractivity contribution >= 4 is 45.3 Å². The van der Waals surface area contributed by atoms with Gasteiger partial charge in [0.2, 0.25) is 5.89 Å². The second kappa shape index (κ2) is 8.37. The van der Waals surface area contributed by atoms with E-state index in [2.05, 4.69) is 58.9 Å². The number of hydrogen-bond donors (Lipinski definition) is 1. The van der Waals surface area contributed by atoms with Crippen LogP contribution < -0.4 is 5.32 Å². The first-order valence-electron chi connectivity index (χ1n) is 9.62. The summed E-state index contributed by atoms with van der Waals surface area (Å²) in [7, 11) is 0. The SMILES string of the molecule is CC[C@@H](C)c1ccc2oc(-c3cccc(NC(=O)c4ccccc4I)c3)nc2c1. The Kier molecular flexibility index (Phi) is 5.67. The van der Waals surface area contributed by atoms with E-state index in [9.17, 15) is 4.79 Å². The van der Waals surface area contributed by atoms with Crippen molar-refractivity contribution in [2.24, 2.45) is 0 Å². The summed E-state index contributed by atoms with van der Waals surface area (Å²) in [6, 6.07) is 21.3. The molecule has 0 saturated carbocycles. The van der Waals surface area contributed by atoms with Crippen molar-refractivity contribution in [3.05, 3.63) is 81.4 Å². The van der Waals surface area contributed by atoms with Crippen molar-refractivity contribution in [1.82, 2.24) is 4.98 Å². The van der Waals surface area contributed by atoms with Crippen molar-refractivity contribution in [2.45, 2.75) is 26.2 Å². The minimum Gasteiger partial charge on any atom is -0.436 e. The van der Waals surface area contributed by atoms with E-state index < -0.39 is 0 Å². The molecule has 1 amide bonds. The highest BCUT2D eigenvalue weighted by molar-refractivity contribution is 14.1. The summed E-state index contributed by atoms with van der Waals surface area (Å²) in [5.74, 6) is 0.897. The molecule has 146 valence electrons. The molecule has 0 aliphatic carbocycles. The van der Waals surface area contributed by atoms with Gasteiger partial charge in [0, 0.05) is 14.8 Å². The highest BCUT2D eigenvalue weighted by Crippen LogP contribution is 2.29. The minimum atomic E-state index is -0.136. The van der Waals surface area contributed by atoms with E-state index in [1.165, 1.54) is 5.56 Å². The van der Waals surface area contributed by atoms with Crippen LogP contribution in [0.4, 0.5) is 5.69 Å². The lowest BCUT2D eigenvalue weighted by Crippen LogP contribution is -2.13. The van der Waals surface area contributed by atoms with Crippen LogP contribution in [0.15, 0.2) is 71.1 Å². The van der Waals surface area contributed by atoms with Gasteiger partial charge in [0.25, 0.3) is 5.91 Å².